The maximum absolute atomic E-state index is 10.2. The molecular formula is C7H5N3O2. The molecule has 1 aromatic heterocycles. The van der Waals surface area contributed by atoms with Crippen LogP contribution in [0.25, 0.3) is 0 Å². The molecule has 0 aromatic carbocycles. The number of nitrogens with zero attached hydrogens (tertiary/aromatic N) is 3. The predicted molar refractivity (Wildman–Crippen MR) is 38.1 cm³/mol. The van der Waals surface area contributed by atoms with Gasteiger partial charge in [0.1, 0.15) is 18.3 Å². The molecule has 0 bridgehead atoms. The Labute approximate surface area is 68.3 Å². The van der Waals surface area contributed by atoms with Gasteiger partial charge in [0.15, 0.2) is 0 Å². The molecule has 0 saturated carbocycles. The van der Waals surface area contributed by atoms with E-state index in [0.29, 0.717) is 5.56 Å². The van der Waals surface area contributed by atoms with Gasteiger partial charge in [0, 0.05) is 12.4 Å². The van der Waals surface area contributed by atoms with Crippen LogP contribution in [0.1, 0.15) is 11.4 Å². The molecule has 0 spiro atoms. The van der Waals surface area contributed by atoms with Crippen molar-refractivity contribution in [3.63, 3.8) is 0 Å². The molecule has 0 aliphatic rings. The van der Waals surface area contributed by atoms with Gasteiger partial charge in [0.25, 0.3) is 0 Å². The number of carboxylic acids is 1. The molecule has 0 saturated heterocycles. The van der Waals surface area contributed by atoms with Crippen LogP contribution in [-0.4, -0.2) is 21.0 Å². The van der Waals surface area contributed by atoms with Crippen molar-refractivity contribution in [2.75, 3.05) is 0 Å². The average Bonchev–Trinajstić information content (AvgIpc) is 2.05. The second-order valence-electron chi connectivity index (χ2n) is 2.07. The van der Waals surface area contributed by atoms with E-state index in [1.165, 1.54) is 12.4 Å². The van der Waals surface area contributed by atoms with Gasteiger partial charge in [-0.1, -0.05) is 0 Å². The first-order valence-corrected chi connectivity index (χ1v) is 3.15. The van der Waals surface area contributed by atoms with Gasteiger partial charge in [-0.05, 0) is 0 Å². The summed E-state index contributed by atoms with van der Waals surface area (Å²) in [4.78, 5) is 17.5. The molecule has 1 aromatic rings. The first-order valence-electron chi connectivity index (χ1n) is 3.15. The minimum atomic E-state index is -0.986. The van der Waals surface area contributed by atoms with Crippen LogP contribution in [0, 0.1) is 11.3 Å². The normalized spacial score (nSPS) is 8.92. The first kappa shape index (κ1) is 8.14. The van der Waals surface area contributed by atoms with Gasteiger partial charge in [-0.15, -0.1) is 0 Å². The maximum atomic E-state index is 10.2. The molecule has 60 valence electrons. The third kappa shape index (κ3) is 2.02. The molecule has 0 aliphatic carbocycles. The van der Waals surface area contributed by atoms with Crippen LogP contribution in [0.15, 0.2) is 12.4 Å². The van der Waals surface area contributed by atoms with E-state index in [4.69, 9.17) is 10.4 Å². The highest BCUT2D eigenvalue weighted by atomic mass is 16.4. The summed E-state index contributed by atoms with van der Waals surface area (Å²) >= 11 is 0. The molecule has 1 rings (SSSR count). The fraction of sp³-hybridized carbons (Fsp3) is 0.143. The largest absolute Gasteiger partial charge is 0.481 e. The van der Waals surface area contributed by atoms with Crippen LogP contribution in [0.3, 0.4) is 0 Å². The fourth-order valence-corrected chi connectivity index (χ4v) is 0.639. The monoisotopic (exact) mass is 163 g/mol. The Bertz CT molecular complexity index is 325. The Morgan fingerprint density at radius 3 is 2.58 bits per heavy atom. The minimum Gasteiger partial charge on any atom is -0.481 e. The van der Waals surface area contributed by atoms with E-state index < -0.39 is 5.97 Å². The Morgan fingerprint density at radius 2 is 2.17 bits per heavy atom. The molecular weight excluding hydrogens is 158 g/mol. The van der Waals surface area contributed by atoms with E-state index in [2.05, 4.69) is 9.97 Å². The Kier molecular flexibility index (Phi) is 2.33. The van der Waals surface area contributed by atoms with Crippen molar-refractivity contribution in [2.24, 2.45) is 0 Å². The molecule has 0 amide bonds. The van der Waals surface area contributed by atoms with Crippen LogP contribution in [-0.2, 0) is 11.2 Å². The van der Waals surface area contributed by atoms with Gasteiger partial charge >= 0.3 is 5.97 Å². The van der Waals surface area contributed by atoms with E-state index in [9.17, 15) is 4.79 Å². The van der Waals surface area contributed by atoms with E-state index in [-0.39, 0.29) is 12.2 Å². The first-order chi connectivity index (χ1) is 5.72. The van der Waals surface area contributed by atoms with E-state index >= 15 is 0 Å². The molecule has 12 heavy (non-hydrogen) atoms. The van der Waals surface area contributed by atoms with Gasteiger partial charge in [-0.2, -0.15) is 5.26 Å². The zero-order valence-corrected chi connectivity index (χ0v) is 6.06. The smallest absolute Gasteiger partial charge is 0.311 e. The molecule has 0 aliphatic heterocycles. The van der Waals surface area contributed by atoms with Crippen LogP contribution in [0.4, 0.5) is 0 Å². The van der Waals surface area contributed by atoms with Gasteiger partial charge < -0.3 is 5.11 Å². The second kappa shape index (κ2) is 3.44. The quantitative estimate of drug-likeness (QED) is 0.661. The van der Waals surface area contributed by atoms with E-state index in [1.807, 2.05) is 6.07 Å². The summed E-state index contributed by atoms with van der Waals surface area (Å²) in [5.41, 5.74) is 0.323. The zero-order valence-electron chi connectivity index (χ0n) is 6.06. The summed E-state index contributed by atoms with van der Waals surface area (Å²) in [6, 6.07) is 1.84. The predicted octanol–water partition coefficient (Wildman–Crippen LogP) is -0.0246. The number of carboxylic acid groups (broad SMARTS) is 1. The Hall–Kier alpha value is -1.96. The lowest BCUT2D eigenvalue weighted by Crippen LogP contribution is -2.04. The topological polar surface area (TPSA) is 86.9 Å². The van der Waals surface area contributed by atoms with Crippen LogP contribution in [0.5, 0.6) is 0 Å². The molecule has 0 radical (unpaired) electrons. The summed E-state index contributed by atoms with van der Waals surface area (Å²) in [5.74, 6) is -0.777. The van der Waals surface area contributed by atoms with Crippen LogP contribution < -0.4 is 0 Å². The molecule has 1 heterocycles. The third-order valence-corrected chi connectivity index (χ3v) is 1.14. The van der Waals surface area contributed by atoms with Crippen molar-refractivity contribution in [3.05, 3.63) is 23.8 Å². The Balaban J connectivity index is 2.80. The van der Waals surface area contributed by atoms with Crippen molar-refractivity contribution >= 4 is 5.97 Å². The summed E-state index contributed by atoms with van der Waals surface area (Å²) < 4.78 is 0. The SMILES string of the molecule is N#Cc1cnc(CC(=O)O)nc1. The molecule has 1 N–H and O–H groups in total. The summed E-state index contributed by atoms with van der Waals surface area (Å²) in [7, 11) is 0. The van der Waals surface area contributed by atoms with Crippen molar-refractivity contribution in [1.82, 2.24) is 9.97 Å². The standard InChI is InChI=1S/C7H5N3O2/c8-2-5-3-9-6(10-4-5)1-7(11)12/h3-4H,1H2,(H,11,12). The average molecular weight is 163 g/mol. The summed E-state index contributed by atoms with van der Waals surface area (Å²) in [5, 5.41) is 16.7. The van der Waals surface area contributed by atoms with E-state index in [1.54, 1.807) is 0 Å². The zero-order chi connectivity index (χ0) is 8.97. The van der Waals surface area contributed by atoms with Crippen LogP contribution in [0.2, 0.25) is 0 Å². The number of hydrogen-bond donors (Lipinski definition) is 1. The molecule has 0 unspecified atom stereocenters. The van der Waals surface area contributed by atoms with Gasteiger partial charge in [0.05, 0.1) is 5.56 Å². The van der Waals surface area contributed by atoms with Crippen molar-refractivity contribution in [2.45, 2.75) is 6.42 Å². The second-order valence-corrected chi connectivity index (χ2v) is 2.07. The maximum Gasteiger partial charge on any atom is 0.311 e. The van der Waals surface area contributed by atoms with Gasteiger partial charge in [0.2, 0.25) is 0 Å². The number of rotatable bonds is 2. The van der Waals surface area contributed by atoms with Gasteiger partial charge in [-0.25, -0.2) is 9.97 Å². The molecule has 0 atom stereocenters. The fourth-order valence-electron chi connectivity index (χ4n) is 0.639. The minimum absolute atomic E-state index is 0.210. The lowest BCUT2D eigenvalue weighted by Gasteiger charge is -1.93. The highest BCUT2D eigenvalue weighted by molar-refractivity contribution is 5.68. The van der Waals surface area contributed by atoms with Gasteiger partial charge in [-0.3, -0.25) is 4.79 Å². The highest BCUT2D eigenvalue weighted by Gasteiger charge is 2.02. The lowest BCUT2D eigenvalue weighted by atomic mass is 10.3. The molecule has 0 fully saturated rings. The number of aromatic nitrogens is 2. The third-order valence-electron chi connectivity index (χ3n) is 1.14. The van der Waals surface area contributed by atoms with Crippen molar-refractivity contribution in [3.8, 4) is 6.07 Å². The molecule has 5 nitrogen and oxygen atoms in total. The van der Waals surface area contributed by atoms with E-state index in [0.717, 1.165) is 0 Å². The van der Waals surface area contributed by atoms with Crippen molar-refractivity contribution in [1.29, 1.82) is 5.26 Å². The van der Waals surface area contributed by atoms with Crippen LogP contribution >= 0.6 is 0 Å². The Morgan fingerprint density at radius 1 is 1.58 bits per heavy atom. The number of aliphatic carboxylic acids is 1. The number of hydrogen-bond acceptors (Lipinski definition) is 4. The summed E-state index contributed by atoms with van der Waals surface area (Å²) in [6.45, 7) is 0. The summed E-state index contributed by atoms with van der Waals surface area (Å²) in [6.07, 6.45) is 2.38. The number of nitriles is 1. The highest BCUT2D eigenvalue weighted by Crippen LogP contribution is 1.94. The lowest BCUT2D eigenvalue weighted by molar-refractivity contribution is -0.136. The van der Waals surface area contributed by atoms with Crippen molar-refractivity contribution < 1.29 is 9.90 Å². The number of carbonyl (C=O) groups is 1. The molecule has 5 heteroatoms.